The molecule has 0 saturated heterocycles. The van der Waals surface area contributed by atoms with Gasteiger partial charge in [0.1, 0.15) is 12.2 Å². The third-order valence-electron chi connectivity index (χ3n) is 5.94. The lowest BCUT2D eigenvalue weighted by Gasteiger charge is -2.22. The van der Waals surface area contributed by atoms with Crippen molar-refractivity contribution in [1.82, 2.24) is 0 Å². The third-order valence-corrected chi connectivity index (χ3v) is 5.94. The molecule has 0 heterocycles. The minimum atomic E-state index is -0.776. The molecule has 0 bridgehead atoms. The maximum absolute atomic E-state index is 10.9. The first-order chi connectivity index (χ1) is 15.7. The second-order valence-corrected chi connectivity index (χ2v) is 7.98. The maximum Gasteiger partial charge on any atom is 0.121 e. The highest BCUT2D eigenvalue weighted by molar-refractivity contribution is 6.05. The molecule has 0 fully saturated rings. The lowest BCUT2D eigenvalue weighted by atomic mass is 9.93. The molecule has 2 unspecified atom stereocenters. The Balaban J connectivity index is 1.46. The molecule has 4 heteroatoms. The Morgan fingerprint density at radius 2 is 1.16 bits per heavy atom. The van der Waals surface area contributed by atoms with E-state index in [9.17, 15) is 10.2 Å². The second kappa shape index (κ2) is 8.87. The van der Waals surface area contributed by atoms with Gasteiger partial charge in [-0.25, -0.2) is 0 Å². The van der Waals surface area contributed by atoms with E-state index in [1.54, 1.807) is 0 Å². The number of aliphatic imine (C=N–C) groups is 2. The van der Waals surface area contributed by atoms with Gasteiger partial charge in [0, 0.05) is 0 Å². The van der Waals surface area contributed by atoms with E-state index >= 15 is 0 Å². The summed E-state index contributed by atoms with van der Waals surface area (Å²) in [5.41, 5.74) is 5.97. The summed E-state index contributed by atoms with van der Waals surface area (Å²) < 4.78 is 0. The van der Waals surface area contributed by atoms with Crippen LogP contribution in [-0.2, 0) is 0 Å². The van der Waals surface area contributed by atoms with Gasteiger partial charge >= 0.3 is 0 Å². The van der Waals surface area contributed by atoms with Crippen LogP contribution >= 0.6 is 0 Å². The molecular weight excluding hydrogens is 396 g/mol. The van der Waals surface area contributed by atoms with Crippen molar-refractivity contribution >= 4 is 23.6 Å². The molecule has 3 aromatic carbocycles. The fourth-order valence-electron chi connectivity index (χ4n) is 4.20. The van der Waals surface area contributed by atoms with Crippen LogP contribution in [0.15, 0.2) is 101 Å². The standard InChI is InChI=1S/C28H24N2O2/c31-27-22-12-6-4-8-19(22)14-16-24(27)29-18-26(21-10-2-1-3-11-21)30-25-17-15-20-9-5-7-13-23(20)28(25)32/h1-17,26-28,31-32H,18H2/t26-,27?,28?/m1/s1. The molecule has 32 heavy (non-hydrogen) atoms. The van der Waals surface area contributed by atoms with E-state index < -0.39 is 12.2 Å². The lowest BCUT2D eigenvalue weighted by Crippen LogP contribution is -2.18. The van der Waals surface area contributed by atoms with E-state index in [1.165, 1.54) is 0 Å². The number of nitrogens with zero attached hydrogens (tertiary/aromatic N) is 2. The molecule has 0 aliphatic heterocycles. The Kier molecular flexibility index (Phi) is 5.63. The first kappa shape index (κ1) is 20.3. The molecule has 0 aromatic heterocycles. The zero-order chi connectivity index (χ0) is 21.9. The van der Waals surface area contributed by atoms with Gasteiger partial charge < -0.3 is 10.2 Å². The third kappa shape index (κ3) is 3.98. The van der Waals surface area contributed by atoms with Crippen LogP contribution < -0.4 is 0 Å². The maximum atomic E-state index is 10.9. The fourth-order valence-corrected chi connectivity index (χ4v) is 4.20. The smallest absolute Gasteiger partial charge is 0.121 e. The van der Waals surface area contributed by atoms with Crippen LogP contribution in [-0.4, -0.2) is 28.2 Å². The van der Waals surface area contributed by atoms with E-state index in [4.69, 9.17) is 9.98 Å². The quantitative estimate of drug-likeness (QED) is 0.614. The average molecular weight is 421 g/mol. The number of hydrogen-bond acceptors (Lipinski definition) is 4. The Morgan fingerprint density at radius 1 is 0.625 bits per heavy atom. The van der Waals surface area contributed by atoms with Gasteiger partial charge in [-0.1, -0.05) is 91.0 Å². The largest absolute Gasteiger partial charge is 0.382 e. The summed E-state index contributed by atoms with van der Waals surface area (Å²) >= 11 is 0. The summed E-state index contributed by atoms with van der Waals surface area (Å²) in [5.74, 6) is 0. The van der Waals surface area contributed by atoms with Crippen LogP contribution in [0.1, 0.15) is 46.1 Å². The van der Waals surface area contributed by atoms with Crippen LogP contribution in [0.2, 0.25) is 0 Å². The normalized spacial score (nSPS) is 22.6. The minimum Gasteiger partial charge on any atom is -0.382 e. The molecule has 0 radical (unpaired) electrons. The number of benzene rings is 3. The molecular formula is C28H24N2O2. The van der Waals surface area contributed by atoms with Crippen molar-refractivity contribution in [2.45, 2.75) is 18.2 Å². The number of aliphatic hydroxyl groups excluding tert-OH is 2. The van der Waals surface area contributed by atoms with Crippen molar-refractivity contribution < 1.29 is 10.2 Å². The SMILES string of the molecule is OC1C(=NC[C@@H](N=C2C=Cc3ccccc3C2O)c2ccccc2)C=Cc2ccccc21. The number of hydrogen-bond donors (Lipinski definition) is 2. The van der Waals surface area contributed by atoms with E-state index in [1.807, 2.05) is 103 Å². The van der Waals surface area contributed by atoms with Crippen molar-refractivity contribution in [3.63, 3.8) is 0 Å². The Bertz CT molecular complexity index is 1240. The van der Waals surface area contributed by atoms with Crippen molar-refractivity contribution in [2.24, 2.45) is 9.98 Å². The molecule has 3 atom stereocenters. The van der Waals surface area contributed by atoms with Crippen LogP contribution in [0.25, 0.3) is 12.2 Å². The van der Waals surface area contributed by atoms with Gasteiger partial charge in [0.2, 0.25) is 0 Å². The van der Waals surface area contributed by atoms with E-state index in [0.717, 1.165) is 27.8 Å². The molecule has 158 valence electrons. The van der Waals surface area contributed by atoms with Crippen molar-refractivity contribution in [3.05, 3.63) is 119 Å². The molecule has 5 rings (SSSR count). The van der Waals surface area contributed by atoms with Crippen molar-refractivity contribution in [3.8, 4) is 0 Å². The molecule has 4 nitrogen and oxygen atoms in total. The summed E-state index contributed by atoms with van der Waals surface area (Å²) in [5, 5.41) is 21.7. The monoisotopic (exact) mass is 420 g/mol. The van der Waals surface area contributed by atoms with Gasteiger partial charge in [0.15, 0.2) is 0 Å². The van der Waals surface area contributed by atoms with Crippen LogP contribution in [0.5, 0.6) is 0 Å². The number of aliphatic hydroxyl groups is 2. The first-order valence-corrected chi connectivity index (χ1v) is 10.8. The van der Waals surface area contributed by atoms with E-state index in [-0.39, 0.29) is 6.04 Å². The van der Waals surface area contributed by atoms with Gasteiger partial charge in [-0.3, -0.25) is 9.98 Å². The minimum absolute atomic E-state index is 0.277. The molecule has 0 saturated carbocycles. The molecule has 2 aliphatic carbocycles. The molecule has 2 aliphatic rings. The number of fused-ring (bicyclic) bond motifs is 2. The Hall–Kier alpha value is -3.60. The molecule has 0 spiro atoms. The van der Waals surface area contributed by atoms with Crippen molar-refractivity contribution in [1.29, 1.82) is 0 Å². The van der Waals surface area contributed by atoms with Crippen LogP contribution in [0, 0.1) is 0 Å². The summed E-state index contributed by atoms with van der Waals surface area (Å²) in [4.78, 5) is 9.65. The highest BCUT2D eigenvalue weighted by atomic mass is 16.3. The zero-order valence-electron chi connectivity index (χ0n) is 17.5. The van der Waals surface area contributed by atoms with Crippen molar-refractivity contribution in [2.75, 3.05) is 6.54 Å². The van der Waals surface area contributed by atoms with Gasteiger partial charge in [0.25, 0.3) is 0 Å². The highest BCUT2D eigenvalue weighted by Gasteiger charge is 2.23. The molecule has 2 N–H and O–H groups in total. The predicted molar refractivity (Wildman–Crippen MR) is 130 cm³/mol. The zero-order valence-corrected chi connectivity index (χ0v) is 17.5. The summed E-state index contributed by atoms with van der Waals surface area (Å²) in [6.07, 6.45) is 6.18. The van der Waals surface area contributed by atoms with Gasteiger partial charge in [0.05, 0.1) is 24.0 Å². The van der Waals surface area contributed by atoms with E-state index in [2.05, 4.69) is 0 Å². The number of rotatable bonds is 4. The highest BCUT2D eigenvalue weighted by Crippen LogP contribution is 2.30. The molecule has 0 amide bonds. The van der Waals surface area contributed by atoms with E-state index in [0.29, 0.717) is 18.0 Å². The van der Waals surface area contributed by atoms with Gasteiger partial charge in [-0.2, -0.15) is 0 Å². The molecule has 3 aromatic rings. The first-order valence-electron chi connectivity index (χ1n) is 10.8. The predicted octanol–water partition coefficient (Wildman–Crippen LogP) is 5.13. The average Bonchev–Trinajstić information content (AvgIpc) is 2.85. The summed E-state index contributed by atoms with van der Waals surface area (Å²) in [6, 6.07) is 25.3. The van der Waals surface area contributed by atoms with Crippen LogP contribution in [0.3, 0.4) is 0 Å². The van der Waals surface area contributed by atoms with Crippen LogP contribution in [0.4, 0.5) is 0 Å². The summed E-state index contributed by atoms with van der Waals surface area (Å²) in [6.45, 7) is 0.370. The Morgan fingerprint density at radius 3 is 1.81 bits per heavy atom. The second-order valence-electron chi connectivity index (χ2n) is 7.98. The van der Waals surface area contributed by atoms with Gasteiger partial charge in [-0.05, 0) is 40.0 Å². The summed E-state index contributed by atoms with van der Waals surface area (Å²) in [7, 11) is 0. The fraction of sp³-hybridized carbons (Fsp3) is 0.143. The Labute approximate surface area is 187 Å². The topological polar surface area (TPSA) is 65.2 Å². The van der Waals surface area contributed by atoms with Gasteiger partial charge in [-0.15, -0.1) is 0 Å². The lowest BCUT2D eigenvalue weighted by molar-refractivity contribution is 0.246.